The lowest BCUT2D eigenvalue weighted by Crippen LogP contribution is -2.38. The van der Waals surface area contributed by atoms with Gasteiger partial charge in [0.15, 0.2) is 6.61 Å². The van der Waals surface area contributed by atoms with Crippen LogP contribution < -0.4 is 4.90 Å². The summed E-state index contributed by atoms with van der Waals surface area (Å²) in [5.41, 5.74) is 2.15. The molecule has 0 saturated carbocycles. The standard InChI is InChI=1S/C22H24N2O5S/c1-16-14-18-6-2-3-7-20(18)24(16)21(25)15-29-22(26)17-8-10-19(11-9-17)30(27,28)23-12-4-5-13-23/h2-3,6-11,16H,4-5,12-15H2,1H3. The molecule has 1 atom stereocenters. The third kappa shape index (κ3) is 3.85. The van der Waals surface area contributed by atoms with E-state index in [4.69, 9.17) is 4.74 Å². The van der Waals surface area contributed by atoms with Crippen LogP contribution in [0.4, 0.5) is 5.69 Å². The summed E-state index contributed by atoms with van der Waals surface area (Å²) in [6, 6.07) is 13.3. The minimum atomic E-state index is -3.53. The van der Waals surface area contributed by atoms with Crippen LogP contribution in [0.1, 0.15) is 35.7 Å². The van der Waals surface area contributed by atoms with Gasteiger partial charge in [-0.2, -0.15) is 4.31 Å². The second-order valence-electron chi connectivity index (χ2n) is 7.66. The number of para-hydroxylation sites is 1. The zero-order chi connectivity index (χ0) is 21.3. The van der Waals surface area contributed by atoms with Gasteiger partial charge in [-0.05, 0) is 62.1 Å². The van der Waals surface area contributed by atoms with Crippen LogP contribution in [0.15, 0.2) is 53.4 Å². The lowest BCUT2D eigenvalue weighted by Gasteiger charge is -2.22. The van der Waals surface area contributed by atoms with Gasteiger partial charge in [-0.1, -0.05) is 18.2 Å². The first-order chi connectivity index (χ1) is 14.4. The van der Waals surface area contributed by atoms with Gasteiger partial charge in [-0.25, -0.2) is 13.2 Å². The Labute approximate surface area is 176 Å². The van der Waals surface area contributed by atoms with E-state index < -0.39 is 16.0 Å². The number of anilines is 1. The first kappa shape index (κ1) is 20.6. The van der Waals surface area contributed by atoms with E-state index in [1.54, 1.807) is 4.90 Å². The van der Waals surface area contributed by atoms with Crippen molar-refractivity contribution < 1.29 is 22.7 Å². The summed E-state index contributed by atoms with van der Waals surface area (Å²) in [6.07, 6.45) is 2.48. The maximum atomic E-state index is 12.7. The monoisotopic (exact) mass is 428 g/mol. The van der Waals surface area contributed by atoms with Crippen molar-refractivity contribution in [2.24, 2.45) is 0 Å². The van der Waals surface area contributed by atoms with Gasteiger partial charge in [-0.3, -0.25) is 4.79 Å². The highest BCUT2D eigenvalue weighted by Gasteiger charge is 2.31. The summed E-state index contributed by atoms with van der Waals surface area (Å²) in [6.45, 7) is 2.63. The Bertz CT molecular complexity index is 1060. The molecule has 8 heteroatoms. The molecule has 0 aromatic heterocycles. The summed E-state index contributed by atoms with van der Waals surface area (Å²) in [5.74, 6) is -0.942. The minimum Gasteiger partial charge on any atom is -0.452 e. The SMILES string of the molecule is CC1Cc2ccccc2N1C(=O)COC(=O)c1ccc(S(=O)(=O)N2CCCC2)cc1. The van der Waals surface area contributed by atoms with Gasteiger partial charge in [0, 0.05) is 24.8 Å². The molecule has 1 saturated heterocycles. The molecule has 2 heterocycles. The number of hydrogen-bond acceptors (Lipinski definition) is 5. The van der Waals surface area contributed by atoms with E-state index in [2.05, 4.69) is 0 Å². The number of ether oxygens (including phenoxy) is 1. The van der Waals surface area contributed by atoms with Gasteiger partial charge >= 0.3 is 5.97 Å². The Balaban J connectivity index is 1.39. The van der Waals surface area contributed by atoms with Crippen molar-refractivity contribution in [2.45, 2.75) is 37.1 Å². The number of carbonyl (C=O) groups is 2. The number of esters is 1. The summed E-state index contributed by atoms with van der Waals surface area (Å²) < 4.78 is 31.8. The highest BCUT2D eigenvalue weighted by Crippen LogP contribution is 2.31. The Morgan fingerprint density at radius 3 is 2.40 bits per heavy atom. The maximum Gasteiger partial charge on any atom is 0.338 e. The van der Waals surface area contributed by atoms with Crippen LogP contribution >= 0.6 is 0 Å². The highest BCUT2D eigenvalue weighted by molar-refractivity contribution is 7.89. The van der Waals surface area contributed by atoms with Gasteiger partial charge < -0.3 is 9.64 Å². The minimum absolute atomic E-state index is 0.00341. The molecule has 1 fully saturated rings. The topological polar surface area (TPSA) is 84.0 Å². The Morgan fingerprint density at radius 2 is 1.70 bits per heavy atom. The van der Waals surface area contributed by atoms with Crippen LogP contribution in [0.25, 0.3) is 0 Å². The van der Waals surface area contributed by atoms with Gasteiger partial charge in [0.2, 0.25) is 10.0 Å². The molecule has 0 bridgehead atoms. The normalized spacial score (nSPS) is 19.0. The number of amides is 1. The van der Waals surface area contributed by atoms with E-state index in [0.717, 1.165) is 30.5 Å². The fraction of sp³-hybridized carbons (Fsp3) is 0.364. The molecular weight excluding hydrogens is 404 g/mol. The van der Waals surface area contributed by atoms with Crippen LogP contribution in [0.3, 0.4) is 0 Å². The molecule has 0 aliphatic carbocycles. The number of benzene rings is 2. The van der Waals surface area contributed by atoms with Crippen LogP contribution in [0.5, 0.6) is 0 Å². The average Bonchev–Trinajstić information content (AvgIpc) is 3.39. The van der Waals surface area contributed by atoms with Crippen molar-refractivity contribution >= 4 is 27.6 Å². The molecule has 1 unspecified atom stereocenters. The number of fused-ring (bicyclic) bond motifs is 1. The Hall–Kier alpha value is -2.71. The van der Waals surface area contributed by atoms with Gasteiger partial charge in [0.05, 0.1) is 10.5 Å². The van der Waals surface area contributed by atoms with E-state index in [-0.39, 0.29) is 29.0 Å². The highest BCUT2D eigenvalue weighted by atomic mass is 32.2. The molecule has 1 amide bonds. The number of rotatable bonds is 5. The third-order valence-corrected chi connectivity index (χ3v) is 7.51. The van der Waals surface area contributed by atoms with Crippen molar-refractivity contribution in [3.05, 3.63) is 59.7 Å². The lowest BCUT2D eigenvalue weighted by molar-refractivity contribution is -0.122. The first-order valence-corrected chi connectivity index (χ1v) is 11.5. The quantitative estimate of drug-likeness (QED) is 0.684. The molecule has 2 aliphatic heterocycles. The number of hydrogen-bond donors (Lipinski definition) is 0. The summed E-state index contributed by atoms with van der Waals surface area (Å²) >= 11 is 0. The Morgan fingerprint density at radius 1 is 1.03 bits per heavy atom. The molecule has 0 radical (unpaired) electrons. The van der Waals surface area contributed by atoms with E-state index in [9.17, 15) is 18.0 Å². The number of carbonyl (C=O) groups excluding carboxylic acids is 2. The molecule has 0 spiro atoms. The van der Waals surface area contributed by atoms with Crippen LogP contribution in [-0.4, -0.2) is 50.3 Å². The smallest absolute Gasteiger partial charge is 0.338 e. The van der Waals surface area contributed by atoms with E-state index in [0.29, 0.717) is 13.1 Å². The fourth-order valence-corrected chi connectivity index (χ4v) is 5.58. The van der Waals surface area contributed by atoms with Crippen molar-refractivity contribution in [2.75, 3.05) is 24.6 Å². The van der Waals surface area contributed by atoms with Crippen molar-refractivity contribution in [1.82, 2.24) is 4.31 Å². The molecular formula is C22H24N2O5S. The largest absolute Gasteiger partial charge is 0.452 e. The van der Waals surface area contributed by atoms with E-state index in [1.807, 2.05) is 31.2 Å². The van der Waals surface area contributed by atoms with Crippen molar-refractivity contribution in [1.29, 1.82) is 0 Å². The molecule has 0 N–H and O–H groups in total. The summed E-state index contributed by atoms with van der Waals surface area (Å²) in [5, 5.41) is 0. The second-order valence-corrected chi connectivity index (χ2v) is 9.60. The molecule has 2 aromatic carbocycles. The van der Waals surface area contributed by atoms with Crippen LogP contribution in [-0.2, 0) is 26.0 Å². The molecule has 2 aromatic rings. The van der Waals surface area contributed by atoms with Crippen molar-refractivity contribution in [3.63, 3.8) is 0 Å². The first-order valence-electron chi connectivity index (χ1n) is 10.1. The third-order valence-electron chi connectivity index (χ3n) is 5.60. The zero-order valence-electron chi connectivity index (χ0n) is 16.8. The van der Waals surface area contributed by atoms with Crippen LogP contribution in [0.2, 0.25) is 0 Å². The van der Waals surface area contributed by atoms with Crippen molar-refractivity contribution in [3.8, 4) is 0 Å². The number of sulfonamides is 1. The molecule has 30 heavy (non-hydrogen) atoms. The molecule has 7 nitrogen and oxygen atoms in total. The van der Waals surface area contributed by atoms with Gasteiger partial charge in [-0.15, -0.1) is 0 Å². The van der Waals surface area contributed by atoms with Gasteiger partial charge in [0.25, 0.3) is 5.91 Å². The fourth-order valence-electron chi connectivity index (χ4n) is 4.07. The molecule has 4 rings (SSSR count). The summed E-state index contributed by atoms with van der Waals surface area (Å²) in [4.78, 5) is 26.8. The van der Waals surface area contributed by atoms with E-state index >= 15 is 0 Å². The lowest BCUT2D eigenvalue weighted by atomic mass is 10.1. The average molecular weight is 429 g/mol. The zero-order valence-corrected chi connectivity index (χ0v) is 17.6. The predicted octanol–water partition coefficient (Wildman–Crippen LogP) is 2.61. The molecule has 158 valence electrons. The maximum absolute atomic E-state index is 12.7. The van der Waals surface area contributed by atoms with E-state index in [1.165, 1.54) is 28.6 Å². The number of nitrogens with zero attached hydrogens (tertiary/aromatic N) is 2. The second kappa shape index (κ2) is 8.20. The predicted molar refractivity (Wildman–Crippen MR) is 112 cm³/mol. The Kier molecular flexibility index (Phi) is 5.62. The van der Waals surface area contributed by atoms with Gasteiger partial charge in [0.1, 0.15) is 0 Å². The summed E-state index contributed by atoms with van der Waals surface area (Å²) in [7, 11) is -3.53. The van der Waals surface area contributed by atoms with Crippen LogP contribution in [0, 0.1) is 0 Å². The molecule has 2 aliphatic rings.